The Labute approximate surface area is 186 Å². The molecule has 1 unspecified atom stereocenters. The molecule has 11 heteroatoms. The number of amides is 2. The quantitative estimate of drug-likeness (QED) is 0.241. The zero-order chi connectivity index (χ0) is 23.4. The molecule has 0 aliphatic rings. The molecule has 2 heterocycles. The number of halogens is 2. The van der Waals surface area contributed by atoms with Gasteiger partial charge in [-0.1, -0.05) is 11.3 Å². The Hall–Kier alpha value is -4.12. The van der Waals surface area contributed by atoms with Gasteiger partial charge in [0.05, 0.1) is 25.2 Å². The second-order valence-electron chi connectivity index (χ2n) is 7.50. The molecule has 9 nitrogen and oxygen atoms in total. The Kier molecular flexibility index (Phi) is 6.41. The number of carbonyl (C=O) groups excluding carboxylic acids is 2. The number of benzene rings is 2. The van der Waals surface area contributed by atoms with Crippen LogP contribution in [0.1, 0.15) is 34.1 Å². The number of carbonyl (C=O) groups is 2. The van der Waals surface area contributed by atoms with Gasteiger partial charge < -0.3 is 10.3 Å². The Morgan fingerprint density at radius 1 is 1.12 bits per heavy atom. The average Bonchev–Trinajstić information content (AvgIpc) is 3.48. The number of aromatic amines is 1. The summed E-state index contributed by atoms with van der Waals surface area (Å²) in [5.41, 5.74) is 3.95. The van der Waals surface area contributed by atoms with Crippen molar-refractivity contribution in [3.8, 4) is 0 Å². The number of hydrogen-bond acceptors (Lipinski definition) is 5. The molecule has 0 saturated carbocycles. The summed E-state index contributed by atoms with van der Waals surface area (Å²) in [6, 6.07) is 10.2. The second-order valence-corrected chi connectivity index (χ2v) is 7.50. The van der Waals surface area contributed by atoms with Crippen molar-refractivity contribution < 1.29 is 23.6 Å². The van der Waals surface area contributed by atoms with Crippen molar-refractivity contribution in [3.05, 3.63) is 83.3 Å². The maximum Gasteiger partial charge on any atom is 0.251 e. The molecule has 4 aromatic rings. The lowest BCUT2D eigenvalue weighted by Crippen LogP contribution is -2.25. The van der Waals surface area contributed by atoms with E-state index in [1.807, 2.05) is 30.5 Å². The third-order valence-electron chi connectivity index (χ3n) is 5.18. The largest absolute Gasteiger partial charge is 0.361 e. The van der Waals surface area contributed by atoms with Crippen LogP contribution in [0.25, 0.3) is 10.9 Å². The molecule has 2 aromatic carbocycles. The maximum atomic E-state index is 13.3. The third-order valence-corrected chi connectivity index (χ3v) is 5.18. The van der Waals surface area contributed by atoms with E-state index in [-0.39, 0.29) is 18.5 Å². The first-order chi connectivity index (χ1) is 15.9. The van der Waals surface area contributed by atoms with E-state index in [2.05, 4.69) is 20.6 Å². The van der Waals surface area contributed by atoms with Gasteiger partial charge in [0, 0.05) is 17.3 Å². The minimum atomic E-state index is -1.11. The van der Waals surface area contributed by atoms with Crippen molar-refractivity contribution >= 4 is 22.7 Å². The van der Waals surface area contributed by atoms with Crippen molar-refractivity contribution in [1.82, 2.24) is 30.8 Å². The number of hydrogen-bond donors (Lipinski definition) is 4. The van der Waals surface area contributed by atoms with E-state index in [4.69, 9.17) is 5.21 Å². The van der Waals surface area contributed by atoms with Gasteiger partial charge in [-0.25, -0.2) is 18.9 Å². The molecule has 0 spiro atoms. The van der Waals surface area contributed by atoms with Gasteiger partial charge in [-0.2, -0.15) is 0 Å². The minimum absolute atomic E-state index is 0.00788. The smallest absolute Gasteiger partial charge is 0.251 e. The van der Waals surface area contributed by atoms with E-state index in [9.17, 15) is 18.4 Å². The van der Waals surface area contributed by atoms with Crippen LogP contribution in [0.4, 0.5) is 8.78 Å². The zero-order valence-electron chi connectivity index (χ0n) is 17.3. The van der Waals surface area contributed by atoms with Gasteiger partial charge in [-0.3, -0.25) is 14.8 Å². The van der Waals surface area contributed by atoms with Gasteiger partial charge >= 0.3 is 0 Å². The van der Waals surface area contributed by atoms with E-state index < -0.39 is 29.5 Å². The second kappa shape index (κ2) is 9.57. The number of H-pyrrole nitrogens is 1. The lowest BCUT2D eigenvalue weighted by Gasteiger charge is -2.16. The summed E-state index contributed by atoms with van der Waals surface area (Å²) in [6.45, 7) is -0.00788. The summed E-state index contributed by atoms with van der Waals surface area (Å²) in [5.74, 6) is -3.33. The van der Waals surface area contributed by atoms with E-state index in [0.717, 1.165) is 28.6 Å². The van der Waals surface area contributed by atoms with E-state index >= 15 is 0 Å². The molecule has 0 fully saturated rings. The Bertz CT molecular complexity index is 1300. The van der Waals surface area contributed by atoms with Gasteiger partial charge in [-0.05, 0) is 53.8 Å². The zero-order valence-corrected chi connectivity index (χ0v) is 17.3. The number of rotatable bonds is 8. The standard InChI is InChI=1S/C22H20F2N6O3/c23-18-3-2-15(9-19(18)24)22(32)26-11-16-12-30(29-27-16)17(10-21(31)28-33)8-13-1-4-20-14(7-13)5-6-25-20/h1-7,9,12,17,25,33H,8,10-11H2,(H,26,32)(H,28,31). The fourth-order valence-corrected chi connectivity index (χ4v) is 3.50. The van der Waals surface area contributed by atoms with Crippen molar-refractivity contribution in [2.24, 2.45) is 0 Å². The van der Waals surface area contributed by atoms with Crippen LogP contribution >= 0.6 is 0 Å². The van der Waals surface area contributed by atoms with Crippen LogP contribution in [0.15, 0.2) is 54.9 Å². The van der Waals surface area contributed by atoms with E-state index in [1.165, 1.54) is 10.7 Å². The number of aromatic nitrogens is 4. The van der Waals surface area contributed by atoms with Gasteiger partial charge in [0.2, 0.25) is 5.91 Å². The fraction of sp³-hybridized carbons (Fsp3) is 0.182. The van der Waals surface area contributed by atoms with Gasteiger partial charge in [0.25, 0.3) is 5.91 Å². The average molecular weight is 454 g/mol. The van der Waals surface area contributed by atoms with Gasteiger partial charge in [0.15, 0.2) is 11.6 Å². The highest BCUT2D eigenvalue weighted by molar-refractivity contribution is 5.94. The Morgan fingerprint density at radius 2 is 1.97 bits per heavy atom. The van der Waals surface area contributed by atoms with Crippen LogP contribution in [0.5, 0.6) is 0 Å². The van der Waals surface area contributed by atoms with E-state index in [0.29, 0.717) is 12.1 Å². The molecule has 1 atom stereocenters. The minimum Gasteiger partial charge on any atom is -0.361 e. The molecule has 4 rings (SSSR count). The van der Waals surface area contributed by atoms with Crippen LogP contribution in [-0.2, 0) is 17.8 Å². The SMILES string of the molecule is O=C(CC(Cc1ccc2[nH]ccc2c1)n1cc(CNC(=O)c2ccc(F)c(F)c2)nn1)NO. The molecular formula is C22H20F2N6O3. The van der Waals surface area contributed by atoms with Crippen molar-refractivity contribution in [2.75, 3.05) is 0 Å². The molecule has 0 saturated heterocycles. The van der Waals surface area contributed by atoms with Crippen molar-refractivity contribution in [3.63, 3.8) is 0 Å². The lowest BCUT2D eigenvalue weighted by atomic mass is 10.0. The monoisotopic (exact) mass is 454 g/mol. The van der Waals surface area contributed by atoms with Crippen LogP contribution in [0.3, 0.4) is 0 Å². The predicted molar refractivity (Wildman–Crippen MR) is 113 cm³/mol. The molecule has 2 amide bonds. The number of nitrogens with one attached hydrogen (secondary N) is 3. The van der Waals surface area contributed by atoms with E-state index in [1.54, 1.807) is 11.7 Å². The third kappa shape index (κ3) is 5.21. The summed E-state index contributed by atoms with van der Waals surface area (Å²) in [5, 5.41) is 20.6. The van der Waals surface area contributed by atoms with Gasteiger partial charge in [0.1, 0.15) is 5.69 Å². The molecule has 2 aromatic heterocycles. The highest BCUT2D eigenvalue weighted by Crippen LogP contribution is 2.21. The molecule has 0 bridgehead atoms. The van der Waals surface area contributed by atoms with Crippen LogP contribution in [0.2, 0.25) is 0 Å². The summed E-state index contributed by atoms with van der Waals surface area (Å²) in [6.07, 6.45) is 3.81. The molecule has 0 aliphatic heterocycles. The Balaban J connectivity index is 1.46. The number of hydroxylamine groups is 1. The summed E-state index contributed by atoms with van der Waals surface area (Å²) >= 11 is 0. The number of fused-ring (bicyclic) bond motifs is 1. The first-order valence-corrected chi connectivity index (χ1v) is 10.1. The summed E-state index contributed by atoms with van der Waals surface area (Å²) < 4.78 is 27.9. The van der Waals surface area contributed by atoms with Gasteiger partial charge in [-0.15, -0.1) is 5.10 Å². The first kappa shape index (κ1) is 22.1. The topological polar surface area (TPSA) is 125 Å². The Morgan fingerprint density at radius 3 is 2.76 bits per heavy atom. The highest BCUT2D eigenvalue weighted by atomic mass is 19.2. The summed E-state index contributed by atoms with van der Waals surface area (Å²) in [4.78, 5) is 27.2. The van der Waals surface area contributed by atoms with Crippen LogP contribution in [0, 0.1) is 11.6 Å². The highest BCUT2D eigenvalue weighted by Gasteiger charge is 2.19. The lowest BCUT2D eigenvalue weighted by molar-refractivity contribution is -0.130. The molecule has 0 radical (unpaired) electrons. The van der Waals surface area contributed by atoms with Crippen molar-refractivity contribution in [2.45, 2.75) is 25.4 Å². The summed E-state index contributed by atoms with van der Waals surface area (Å²) in [7, 11) is 0. The predicted octanol–water partition coefficient (Wildman–Crippen LogP) is 2.65. The maximum absolute atomic E-state index is 13.3. The van der Waals surface area contributed by atoms with Crippen LogP contribution in [-0.4, -0.2) is 37.0 Å². The molecule has 4 N–H and O–H groups in total. The fourth-order valence-electron chi connectivity index (χ4n) is 3.50. The number of nitrogens with zero attached hydrogens (tertiary/aromatic N) is 3. The normalized spacial score (nSPS) is 12.0. The molecular weight excluding hydrogens is 434 g/mol. The van der Waals surface area contributed by atoms with Crippen molar-refractivity contribution in [1.29, 1.82) is 0 Å². The first-order valence-electron chi connectivity index (χ1n) is 10.1. The molecule has 170 valence electrons. The molecule has 0 aliphatic carbocycles. The van der Waals surface area contributed by atoms with Crippen LogP contribution < -0.4 is 10.8 Å². The molecule has 33 heavy (non-hydrogen) atoms.